The Bertz CT molecular complexity index is 519. The number of nitrogens with zero attached hydrogens (tertiary/aromatic N) is 3. The first kappa shape index (κ1) is 16.0. The third-order valence-electron chi connectivity index (χ3n) is 4.31. The minimum atomic E-state index is -0.660. The molecule has 0 radical (unpaired) electrons. The van der Waals surface area contributed by atoms with E-state index in [0.717, 1.165) is 12.1 Å². The third-order valence-corrected chi connectivity index (χ3v) is 4.31. The lowest BCUT2D eigenvalue weighted by Gasteiger charge is -2.35. The number of amides is 1. The number of carbonyl (C=O) groups is 1. The number of likely N-dealkylation sites (tertiary alicyclic amines) is 1. The molecular weight excluding hydrogens is 266 g/mol. The molecule has 0 aromatic carbocycles. The second kappa shape index (κ2) is 5.44. The summed E-state index contributed by atoms with van der Waals surface area (Å²) in [6.07, 6.45) is 4.67. The molecule has 1 amide bonds. The van der Waals surface area contributed by atoms with Crippen molar-refractivity contribution in [2.24, 2.45) is 5.41 Å². The number of carbonyl (C=O) groups excluding carboxylic acids is 1. The molecule has 1 aromatic heterocycles. The molecule has 5 nitrogen and oxygen atoms in total. The molecular formula is C16H27N3O2. The normalized spacial score (nSPS) is 23.0. The van der Waals surface area contributed by atoms with Crippen LogP contribution >= 0.6 is 0 Å². The fourth-order valence-corrected chi connectivity index (χ4v) is 3.10. The maximum atomic E-state index is 13.0. The van der Waals surface area contributed by atoms with Crippen LogP contribution in [0.25, 0.3) is 0 Å². The maximum Gasteiger partial charge on any atom is 0.248 e. The zero-order chi connectivity index (χ0) is 15.8. The van der Waals surface area contributed by atoms with Gasteiger partial charge >= 0.3 is 0 Å². The van der Waals surface area contributed by atoms with Crippen LogP contribution in [0.2, 0.25) is 0 Å². The number of hydrogen-bond donors (Lipinski definition) is 1. The predicted molar refractivity (Wildman–Crippen MR) is 81.9 cm³/mol. The van der Waals surface area contributed by atoms with Crippen LogP contribution in [0.15, 0.2) is 12.5 Å². The summed E-state index contributed by atoms with van der Waals surface area (Å²) in [4.78, 5) is 19.1. The monoisotopic (exact) mass is 293 g/mol. The molecule has 1 aromatic rings. The van der Waals surface area contributed by atoms with Gasteiger partial charge < -0.3 is 14.6 Å². The first-order chi connectivity index (χ1) is 9.62. The SMILES string of the molecule is Cc1cn(C(C)(C)C(=O)N2CCC(O)CC(C)(C)C2)cn1. The standard InChI is InChI=1S/C16H27N3O2/c1-12-9-19(11-17-12)16(4,5)14(21)18-7-6-13(20)8-15(2,3)10-18/h9,11,13,20H,6-8,10H2,1-5H3. The van der Waals surface area contributed by atoms with E-state index >= 15 is 0 Å². The van der Waals surface area contributed by atoms with Crippen molar-refractivity contribution in [3.05, 3.63) is 18.2 Å². The van der Waals surface area contributed by atoms with Gasteiger partial charge in [-0.15, -0.1) is 0 Å². The van der Waals surface area contributed by atoms with Crippen LogP contribution in [0.4, 0.5) is 0 Å². The number of aromatic nitrogens is 2. The number of rotatable bonds is 2. The van der Waals surface area contributed by atoms with Crippen molar-refractivity contribution in [1.29, 1.82) is 0 Å². The molecule has 5 heteroatoms. The van der Waals surface area contributed by atoms with E-state index in [1.54, 1.807) is 6.33 Å². The molecule has 21 heavy (non-hydrogen) atoms. The summed E-state index contributed by atoms with van der Waals surface area (Å²) in [5.74, 6) is 0.0853. The van der Waals surface area contributed by atoms with Crippen molar-refractivity contribution in [3.8, 4) is 0 Å². The first-order valence-corrected chi connectivity index (χ1v) is 7.60. The van der Waals surface area contributed by atoms with Crippen molar-refractivity contribution >= 4 is 5.91 Å². The van der Waals surface area contributed by atoms with Crippen LogP contribution in [0.5, 0.6) is 0 Å². The molecule has 0 spiro atoms. The molecule has 2 rings (SSSR count). The Hall–Kier alpha value is -1.36. The van der Waals surface area contributed by atoms with Gasteiger partial charge in [-0.3, -0.25) is 4.79 Å². The summed E-state index contributed by atoms with van der Waals surface area (Å²) in [7, 11) is 0. The Balaban J connectivity index is 2.22. The Morgan fingerprint density at radius 3 is 2.71 bits per heavy atom. The van der Waals surface area contributed by atoms with Gasteiger partial charge in [0.15, 0.2) is 0 Å². The quantitative estimate of drug-likeness (QED) is 0.906. The van der Waals surface area contributed by atoms with E-state index in [9.17, 15) is 9.90 Å². The van der Waals surface area contributed by atoms with E-state index in [1.165, 1.54) is 0 Å². The third kappa shape index (κ3) is 3.46. The largest absolute Gasteiger partial charge is 0.393 e. The zero-order valence-electron chi connectivity index (χ0n) is 13.8. The summed E-state index contributed by atoms with van der Waals surface area (Å²) in [5, 5.41) is 9.99. The lowest BCUT2D eigenvalue weighted by Crippen LogP contribution is -2.49. The van der Waals surface area contributed by atoms with Gasteiger partial charge in [-0.1, -0.05) is 13.8 Å². The first-order valence-electron chi connectivity index (χ1n) is 7.60. The van der Waals surface area contributed by atoms with Crippen LogP contribution in [-0.2, 0) is 10.3 Å². The molecule has 0 bridgehead atoms. The molecule has 1 saturated heterocycles. The number of imidazole rings is 1. The highest BCUT2D eigenvalue weighted by Gasteiger charge is 2.38. The van der Waals surface area contributed by atoms with Crippen LogP contribution in [0, 0.1) is 12.3 Å². The minimum absolute atomic E-state index is 0.0630. The highest BCUT2D eigenvalue weighted by Crippen LogP contribution is 2.30. The second-order valence-corrected chi connectivity index (χ2v) is 7.52. The number of hydrogen-bond acceptors (Lipinski definition) is 3. The van der Waals surface area contributed by atoms with E-state index < -0.39 is 5.54 Å². The van der Waals surface area contributed by atoms with Crippen molar-refractivity contribution in [1.82, 2.24) is 14.5 Å². The fraction of sp³-hybridized carbons (Fsp3) is 0.750. The average Bonchev–Trinajstić information content (AvgIpc) is 2.74. The Labute approximate surface area is 127 Å². The van der Waals surface area contributed by atoms with Gasteiger partial charge in [0.2, 0.25) is 5.91 Å². The van der Waals surface area contributed by atoms with E-state index in [0.29, 0.717) is 19.5 Å². The summed E-state index contributed by atoms with van der Waals surface area (Å²) in [5.41, 5.74) is 0.182. The molecule has 1 N–H and O–H groups in total. The topological polar surface area (TPSA) is 58.4 Å². The Morgan fingerprint density at radius 1 is 1.48 bits per heavy atom. The number of aliphatic hydroxyl groups is 1. The highest BCUT2D eigenvalue weighted by molar-refractivity contribution is 5.83. The van der Waals surface area contributed by atoms with Gasteiger partial charge in [-0.2, -0.15) is 0 Å². The molecule has 1 aliphatic heterocycles. The van der Waals surface area contributed by atoms with Crippen molar-refractivity contribution in [2.45, 2.75) is 59.1 Å². The molecule has 1 atom stereocenters. The van der Waals surface area contributed by atoms with Gasteiger partial charge in [0, 0.05) is 19.3 Å². The molecule has 118 valence electrons. The van der Waals surface area contributed by atoms with E-state index in [-0.39, 0.29) is 17.4 Å². The lowest BCUT2D eigenvalue weighted by molar-refractivity contribution is -0.140. The maximum absolute atomic E-state index is 13.0. The molecule has 1 aliphatic rings. The van der Waals surface area contributed by atoms with Gasteiger partial charge in [-0.25, -0.2) is 4.98 Å². The number of aryl methyl sites for hydroxylation is 1. The molecule has 1 unspecified atom stereocenters. The van der Waals surface area contributed by atoms with Crippen LogP contribution < -0.4 is 0 Å². The van der Waals surface area contributed by atoms with Crippen LogP contribution in [-0.4, -0.2) is 44.7 Å². The number of aliphatic hydroxyl groups excluding tert-OH is 1. The van der Waals surface area contributed by atoms with E-state index in [1.807, 2.05) is 36.4 Å². The summed E-state index contributed by atoms with van der Waals surface area (Å²) < 4.78 is 1.87. The van der Waals surface area contributed by atoms with Gasteiger partial charge in [0.1, 0.15) is 5.54 Å². The molecule has 1 fully saturated rings. The van der Waals surface area contributed by atoms with E-state index in [4.69, 9.17) is 0 Å². The predicted octanol–water partition coefficient (Wildman–Crippen LogP) is 1.94. The summed E-state index contributed by atoms with van der Waals surface area (Å²) in [6, 6.07) is 0. The summed E-state index contributed by atoms with van der Waals surface area (Å²) >= 11 is 0. The fourth-order valence-electron chi connectivity index (χ4n) is 3.10. The molecule has 0 aliphatic carbocycles. The Morgan fingerprint density at radius 2 is 2.14 bits per heavy atom. The second-order valence-electron chi connectivity index (χ2n) is 7.52. The Kier molecular flexibility index (Phi) is 4.15. The van der Waals surface area contributed by atoms with Crippen molar-refractivity contribution < 1.29 is 9.90 Å². The minimum Gasteiger partial charge on any atom is -0.393 e. The summed E-state index contributed by atoms with van der Waals surface area (Å²) in [6.45, 7) is 11.3. The van der Waals surface area contributed by atoms with Gasteiger partial charge in [0.25, 0.3) is 0 Å². The van der Waals surface area contributed by atoms with Crippen LogP contribution in [0.3, 0.4) is 0 Å². The van der Waals surface area contributed by atoms with Crippen molar-refractivity contribution in [3.63, 3.8) is 0 Å². The molecule has 2 heterocycles. The smallest absolute Gasteiger partial charge is 0.248 e. The van der Waals surface area contributed by atoms with Gasteiger partial charge in [0.05, 0.1) is 18.1 Å². The van der Waals surface area contributed by atoms with Crippen LogP contribution in [0.1, 0.15) is 46.2 Å². The lowest BCUT2D eigenvalue weighted by atomic mass is 9.86. The van der Waals surface area contributed by atoms with E-state index in [2.05, 4.69) is 18.8 Å². The highest BCUT2D eigenvalue weighted by atomic mass is 16.3. The van der Waals surface area contributed by atoms with Gasteiger partial charge in [-0.05, 0) is 39.0 Å². The molecule has 0 saturated carbocycles. The zero-order valence-corrected chi connectivity index (χ0v) is 13.8. The average molecular weight is 293 g/mol. The van der Waals surface area contributed by atoms with Crippen molar-refractivity contribution in [2.75, 3.05) is 13.1 Å².